The standard InChI is InChI=1S/C28H34N6O4S/c1-20-25(39-19-30-20)28(37)33-11-2-3-12-34(27(36)23-8-9-24(35)31-23)16-17-38-22-7-4-6-21(18-22)26-29-10-15-32(26)13-5-14-33/h4,6-7,10,15,18-19,23H,2-3,5,8-9,11-14,16-17H2,1H3,(H,31,35). The van der Waals surface area contributed by atoms with Crippen molar-refractivity contribution >= 4 is 29.1 Å². The summed E-state index contributed by atoms with van der Waals surface area (Å²) in [7, 11) is 0. The van der Waals surface area contributed by atoms with Crippen LogP contribution in [0.4, 0.5) is 0 Å². The first-order valence-corrected chi connectivity index (χ1v) is 14.4. The minimum Gasteiger partial charge on any atom is -0.492 e. The summed E-state index contributed by atoms with van der Waals surface area (Å²) in [6.45, 7) is 5.06. The molecule has 206 valence electrons. The van der Waals surface area contributed by atoms with Crippen LogP contribution < -0.4 is 10.1 Å². The first-order valence-electron chi connectivity index (χ1n) is 13.5. The molecule has 0 spiro atoms. The minimum absolute atomic E-state index is 0.00136. The molecule has 0 radical (unpaired) electrons. The Bertz CT molecular complexity index is 1320. The highest BCUT2D eigenvalue weighted by Crippen LogP contribution is 2.24. The summed E-state index contributed by atoms with van der Waals surface area (Å²) in [5.41, 5.74) is 3.40. The van der Waals surface area contributed by atoms with Crippen LogP contribution in [0.5, 0.6) is 5.75 Å². The van der Waals surface area contributed by atoms with E-state index in [-0.39, 0.29) is 17.7 Å². The summed E-state index contributed by atoms with van der Waals surface area (Å²) in [5, 5.41) is 2.79. The van der Waals surface area contributed by atoms with Crippen LogP contribution in [0, 0.1) is 6.92 Å². The van der Waals surface area contributed by atoms with E-state index in [9.17, 15) is 14.4 Å². The quantitative estimate of drug-likeness (QED) is 0.525. The molecule has 2 aliphatic rings. The van der Waals surface area contributed by atoms with E-state index >= 15 is 0 Å². The third-order valence-corrected chi connectivity index (χ3v) is 8.12. The molecular weight excluding hydrogens is 516 g/mol. The molecule has 2 aromatic heterocycles. The van der Waals surface area contributed by atoms with Crippen molar-refractivity contribution in [3.8, 4) is 17.1 Å². The number of rotatable bonds is 2. The van der Waals surface area contributed by atoms with Gasteiger partial charge in [0.15, 0.2) is 0 Å². The number of amides is 3. The summed E-state index contributed by atoms with van der Waals surface area (Å²) < 4.78 is 8.16. The lowest BCUT2D eigenvalue weighted by atomic mass is 10.2. The van der Waals surface area contributed by atoms with Crippen LogP contribution in [0.3, 0.4) is 0 Å². The first kappa shape index (κ1) is 26.9. The second-order valence-corrected chi connectivity index (χ2v) is 10.8. The molecule has 1 aromatic carbocycles. The van der Waals surface area contributed by atoms with Crippen molar-refractivity contribution in [2.75, 3.05) is 32.8 Å². The van der Waals surface area contributed by atoms with Gasteiger partial charge in [0.2, 0.25) is 11.8 Å². The molecule has 11 heteroatoms. The summed E-state index contributed by atoms with van der Waals surface area (Å²) in [5.74, 6) is 1.39. The summed E-state index contributed by atoms with van der Waals surface area (Å²) in [6.07, 6.45) is 6.89. The Morgan fingerprint density at radius 3 is 2.64 bits per heavy atom. The van der Waals surface area contributed by atoms with Gasteiger partial charge in [-0.25, -0.2) is 9.97 Å². The lowest BCUT2D eigenvalue weighted by molar-refractivity contribution is -0.134. The number of aromatic nitrogens is 3. The van der Waals surface area contributed by atoms with Crippen molar-refractivity contribution in [3.63, 3.8) is 0 Å². The number of hydrogen-bond donors (Lipinski definition) is 1. The van der Waals surface area contributed by atoms with Crippen molar-refractivity contribution in [1.82, 2.24) is 29.7 Å². The van der Waals surface area contributed by atoms with Gasteiger partial charge in [0.25, 0.3) is 5.91 Å². The van der Waals surface area contributed by atoms with E-state index < -0.39 is 6.04 Å². The number of thiazole rings is 1. The van der Waals surface area contributed by atoms with Gasteiger partial charge in [0, 0.05) is 50.6 Å². The van der Waals surface area contributed by atoms with E-state index in [2.05, 4.69) is 19.9 Å². The van der Waals surface area contributed by atoms with Gasteiger partial charge in [-0.2, -0.15) is 0 Å². The highest BCUT2D eigenvalue weighted by molar-refractivity contribution is 7.11. The maximum atomic E-state index is 13.4. The van der Waals surface area contributed by atoms with E-state index in [4.69, 9.17) is 4.74 Å². The van der Waals surface area contributed by atoms with Crippen molar-refractivity contribution in [2.45, 2.75) is 51.6 Å². The lowest BCUT2D eigenvalue weighted by Crippen LogP contribution is -2.46. The van der Waals surface area contributed by atoms with Gasteiger partial charge in [0.1, 0.15) is 29.1 Å². The fourth-order valence-corrected chi connectivity index (χ4v) is 5.87. The number of nitrogens with one attached hydrogen (secondary N) is 1. The van der Waals surface area contributed by atoms with E-state index in [1.807, 2.05) is 42.3 Å². The molecule has 39 heavy (non-hydrogen) atoms. The third-order valence-electron chi connectivity index (χ3n) is 7.20. The zero-order valence-electron chi connectivity index (χ0n) is 22.2. The molecule has 2 aliphatic heterocycles. The first-order chi connectivity index (χ1) is 19.0. The molecule has 4 heterocycles. The topological polar surface area (TPSA) is 110 Å². The maximum absolute atomic E-state index is 13.4. The molecular formula is C28H34N6O4S. The molecule has 1 unspecified atom stereocenters. The van der Waals surface area contributed by atoms with Gasteiger partial charge >= 0.3 is 0 Å². The Labute approximate surface area is 232 Å². The number of carbonyl (C=O) groups excluding carboxylic acids is 3. The molecule has 2 bridgehead atoms. The number of imidazole rings is 1. The number of nitrogens with zero attached hydrogens (tertiary/aromatic N) is 5. The highest BCUT2D eigenvalue weighted by Gasteiger charge is 2.30. The molecule has 3 amide bonds. The number of carbonyl (C=O) groups is 3. The van der Waals surface area contributed by atoms with Gasteiger partial charge in [-0.15, -0.1) is 11.3 Å². The zero-order chi connectivity index (χ0) is 27.2. The Balaban J connectivity index is 1.36. The lowest BCUT2D eigenvalue weighted by Gasteiger charge is -2.27. The van der Waals surface area contributed by atoms with Crippen molar-refractivity contribution in [2.24, 2.45) is 0 Å². The molecule has 1 N–H and O–H groups in total. The van der Waals surface area contributed by atoms with Crippen LogP contribution in [0.15, 0.2) is 42.2 Å². The predicted molar refractivity (Wildman–Crippen MR) is 148 cm³/mol. The maximum Gasteiger partial charge on any atom is 0.265 e. The van der Waals surface area contributed by atoms with Crippen LogP contribution in [0.1, 0.15) is 47.5 Å². The molecule has 5 rings (SSSR count). The molecule has 3 aromatic rings. The second kappa shape index (κ2) is 12.4. The number of benzene rings is 1. The summed E-state index contributed by atoms with van der Waals surface area (Å²) >= 11 is 1.37. The molecule has 1 saturated heterocycles. The molecule has 1 atom stereocenters. The van der Waals surface area contributed by atoms with Gasteiger partial charge in [-0.1, -0.05) is 12.1 Å². The van der Waals surface area contributed by atoms with E-state index in [1.54, 1.807) is 16.6 Å². The summed E-state index contributed by atoms with van der Waals surface area (Å²) in [6, 6.07) is 7.32. The fourth-order valence-electron chi connectivity index (χ4n) is 5.10. The summed E-state index contributed by atoms with van der Waals surface area (Å²) in [4.78, 5) is 51.6. The van der Waals surface area contributed by atoms with Gasteiger partial charge in [-0.3, -0.25) is 14.4 Å². The Morgan fingerprint density at radius 2 is 1.87 bits per heavy atom. The predicted octanol–water partition coefficient (Wildman–Crippen LogP) is 3.13. The fraction of sp³-hybridized carbons (Fsp3) is 0.464. The number of fused-ring (bicyclic) bond motifs is 4. The average Bonchev–Trinajstić information content (AvgIpc) is 3.69. The Morgan fingerprint density at radius 1 is 1.05 bits per heavy atom. The van der Waals surface area contributed by atoms with Gasteiger partial charge < -0.3 is 24.4 Å². The van der Waals surface area contributed by atoms with E-state index in [0.717, 1.165) is 42.9 Å². The van der Waals surface area contributed by atoms with Crippen LogP contribution in [0.2, 0.25) is 0 Å². The smallest absolute Gasteiger partial charge is 0.265 e. The highest BCUT2D eigenvalue weighted by atomic mass is 32.1. The van der Waals surface area contributed by atoms with Crippen molar-refractivity contribution in [3.05, 3.63) is 52.7 Å². The minimum atomic E-state index is -0.485. The number of ether oxygens (including phenoxy) is 1. The van der Waals surface area contributed by atoms with Crippen LogP contribution in [-0.2, 0) is 16.1 Å². The molecule has 0 saturated carbocycles. The Kier molecular flexibility index (Phi) is 8.55. The molecule has 10 nitrogen and oxygen atoms in total. The van der Waals surface area contributed by atoms with Gasteiger partial charge in [0.05, 0.1) is 17.7 Å². The SMILES string of the molecule is Cc1ncsc1C(=O)N1CCCCN(C(=O)C2CCC(=O)N2)CCOc2cccc(c2)-c2nccn2CCC1. The van der Waals surface area contributed by atoms with Crippen LogP contribution in [-0.4, -0.2) is 80.9 Å². The molecule has 1 fully saturated rings. The van der Waals surface area contributed by atoms with Gasteiger partial charge in [-0.05, 0) is 44.7 Å². The second-order valence-electron chi connectivity index (χ2n) is 9.92. The van der Waals surface area contributed by atoms with E-state index in [1.165, 1.54) is 11.3 Å². The van der Waals surface area contributed by atoms with Crippen molar-refractivity contribution < 1.29 is 19.1 Å². The van der Waals surface area contributed by atoms with Crippen molar-refractivity contribution in [1.29, 1.82) is 0 Å². The van der Waals surface area contributed by atoms with E-state index in [0.29, 0.717) is 56.3 Å². The third kappa shape index (κ3) is 6.47. The Hall–Kier alpha value is -3.73. The van der Waals surface area contributed by atoms with Crippen LogP contribution in [0.25, 0.3) is 11.4 Å². The normalized spacial score (nSPS) is 19.1. The number of aryl methyl sites for hydroxylation is 2. The zero-order valence-corrected chi connectivity index (χ0v) is 23.0. The number of hydrogen-bond acceptors (Lipinski definition) is 7. The average molecular weight is 551 g/mol. The monoisotopic (exact) mass is 550 g/mol. The largest absolute Gasteiger partial charge is 0.492 e. The molecule has 0 aliphatic carbocycles. The van der Waals surface area contributed by atoms with Crippen LogP contribution >= 0.6 is 11.3 Å².